The van der Waals surface area contributed by atoms with Crippen LogP contribution in [0.2, 0.25) is 0 Å². The minimum Gasteiger partial charge on any atom is -0.379 e. The third kappa shape index (κ3) is 4.57. The number of amides is 1. The Bertz CT molecular complexity index is 1010. The van der Waals surface area contributed by atoms with E-state index in [0.717, 1.165) is 50.5 Å². The van der Waals surface area contributed by atoms with Crippen LogP contribution >= 0.6 is 0 Å². The molecule has 1 saturated heterocycles. The maximum absolute atomic E-state index is 12.8. The molecule has 2 N–H and O–H groups in total. The molecule has 0 radical (unpaired) electrons. The Balaban J connectivity index is 1.43. The number of alkyl halides is 3. The smallest absolute Gasteiger partial charge is 0.379 e. The van der Waals surface area contributed by atoms with Crippen LogP contribution in [-0.4, -0.2) is 47.1 Å². The van der Waals surface area contributed by atoms with Gasteiger partial charge in [0.15, 0.2) is 0 Å². The van der Waals surface area contributed by atoms with Crippen LogP contribution in [0.3, 0.4) is 0 Å². The number of morpholine rings is 1. The van der Waals surface area contributed by atoms with E-state index in [1.165, 1.54) is 6.07 Å². The van der Waals surface area contributed by atoms with Crippen molar-refractivity contribution < 1.29 is 22.7 Å². The van der Waals surface area contributed by atoms with Crippen molar-refractivity contribution in [1.29, 1.82) is 0 Å². The average molecular weight is 404 g/mol. The van der Waals surface area contributed by atoms with Crippen molar-refractivity contribution in [2.75, 3.05) is 31.6 Å². The summed E-state index contributed by atoms with van der Waals surface area (Å²) in [6.45, 7) is 4.00. The first-order valence-electron chi connectivity index (χ1n) is 9.16. The first kappa shape index (κ1) is 19.4. The Morgan fingerprint density at radius 2 is 1.86 bits per heavy atom. The fraction of sp³-hybridized carbons (Fsp3) is 0.300. The quantitative estimate of drug-likeness (QED) is 0.696. The van der Waals surface area contributed by atoms with Crippen molar-refractivity contribution in [2.24, 2.45) is 0 Å². The first-order valence-corrected chi connectivity index (χ1v) is 9.16. The lowest BCUT2D eigenvalue weighted by Crippen LogP contribution is -2.35. The molecule has 1 aliphatic rings. The Hall–Kier alpha value is -2.91. The third-order valence-electron chi connectivity index (χ3n) is 4.77. The SMILES string of the molecule is O=C(Nc1nc2ccc(C(F)(F)F)cc2[nH]1)c1ccc(CN2CCOCC2)cc1. The lowest BCUT2D eigenvalue weighted by atomic mass is 10.1. The number of anilines is 1. The van der Waals surface area contributed by atoms with Crippen LogP contribution in [0.25, 0.3) is 11.0 Å². The number of benzene rings is 2. The lowest BCUT2D eigenvalue weighted by Gasteiger charge is -2.26. The number of imidazole rings is 1. The molecule has 1 fully saturated rings. The van der Waals surface area contributed by atoms with Crippen molar-refractivity contribution >= 4 is 22.9 Å². The van der Waals surface area contributed by atoms with Crippen LogP contribution < -0.4 is 5.32 Å². The van der Waals surface area contributed by atoms with Crippen LogP contribution in [0.4, 0.5) is 19.1 Å². The van der Waals surface area contributed by atoms with Crippen LogP contribution in [0.15, 0.2) is 42.5 Å². The van der Waals surface area contributed by atoms with E-state index < -0.39 is 17.6 Å². The number of nitrogens with zero attached hydrogens (tertiary/aromatic N) is 2. The number of hydrogen-bond acceptors (Lipinski definition) is 4. The van der Waals surface area contributed by atoms with Gasteiger partial charge in [-0.1, -0.05) is 12.1 Å². The number of nitrogens with one attached hydrogen (secondary N) is 2. The Morgan fingerprint density at radius 1 is 1.14 bits per heavy atom. The van der Waals surface area contributed by atoms with Crippen LogP contribution in [0.1, 0.15) is 21.5 Å². The lowest BCUT2D eigenvalue weighted by molar-refractivity contribution is -0.137. The van der Waals surface area contributed by atoms with E-state index in [-0.39, 0.29) is 11.5 Å². The summed E-state index contributed by atoms with van der Waals surface area (Å²) in [5, 5.41) is 2.59. The second-order valence-electron chi connectivity index (χ2n) is 6.85. The van der Waals surface area contributed by atoms with Gasteiger partial charge in [-0.05, 0) is 35.9 Å². The molecule has 9 heteroatoms. The summed E-state index contributed by atoms with van der Waals surface area (Å²) in [5.41, 5.74) is 1.30. The highest BCUT2D eigenvalue weighted by Gasteiger charge is 2.30. The molecule has 29 heavy (non-hydrogen) atoms. The summed E-state index contributed by atoms with van der Waals surface area (Å²) in [6, 6.07) is 10.4. The highest BCUT2D eigenvalue weighted by molar-refractivity contribution is 6.04. The molecule has 152 valence electrons. The van der Waals surface area contributed by atoms with E-state index in [4.69, 9.17) is 4.74 Å². The summed E-state index contributed by atoms with van der Waals surface area (Å²) in [4.78, 5) is 21.6. The number of aromatic nitrogens is 2. The molecule has 3 aromatic rings. The fourth-order valence-corrected chi connectivity index (χ4v) is 3.20. The number of rotatable bonds is 4. The molecule has 2 heterocycles. The summed E-state index contributed by atoms with van der Waals surface area (Å²) < 4.78 is 43.8. The summed E-state index contributed by atoms with van der Waals surface area (Å²) >= 11 is 0. The maximum atomic E-state index is 12.8. The number of ether oxygens (including phenoxy) is 1. The number of fused-ring (bicyclic) bond motifs is 1. The second-order valence-corrected chi connectivity index (χ2v) is 6.85. The van der Waals surface area contributed by atoms with Crippen molar-refractivity contribution in [3.8, 4) is 0 Å². The van der Waals surface area contributed by atoms with Crippen molar-refractivity contribution in [3.63, 3.8) is 0 Å². The molecule has 1 aromatic heterocycles. The average Bonchev–Trinajstić information content (AvgIpc) is 3.10. The standard InChI is InChI=1S/C20H19F3N4O2/c21-20(22,23)15-5-6-16-17(11-15)25-19(24-16)26-18(28)14-3-1-13(2-4-14)12-27-7-9-29-10-8-27/h1-6,11H,7-10,12H2,(H2,24,25,26,28). The van der Waals surface area contributed by atoms with Gasteiger partial charge in [-0.25, -0.2) is 4.98 Å². The summed E-state index contributed by atoms with van der Waals surface area (Å²) in [5.74, 6) is -0.292. The van der Waals surface area contributed by atoms with Gasteiger partial charge in [0.25, 0.3) is 5.91 Å². The van der Waals surface area contributed by atoms with E-state index in [1.54, 1.807) is 12.1 Å². The van der Waals surface area contributed by atoms with Gasteiger partial charge in [0.2, 0.25) is 5.95 Å². The summed E-state index contributed by atoms with van der Waals surface area (Å²) in [6.07, 6.45) is -4.44. The van der Waals surface area contributed by atoms with Crippen LogP contribution in [0.5, 0.6) is 0 Å². The Kier molecular flexibility index (Phi) is 5.25. The topological polar surface area (TPSA) is 70.2 Å². The Labute approximate surface area is 164 Å². The van der Waals surface area contributed by atoms with Gasteiger partial charge in [-0.15, -0.1) is 0 Å². The van der Waals surface area contributed by atoms with Crippen molar-refractivity contribution in [2.45, 2.75) is 12.7 Å². The van der Waals surface area contributed by atoms with Gasteiger partial charge in [0.05, 0.1) is 29.8 Å². The minimum absolute atomic E-state index is 0.0988. The van der Waals surface area contributed by atoms with E-state index in [9.17, 15) is 18.0 Å². The molecule has 0 spiro atoms. The highest BCUT2D eigenvalue weighted by atomic mass is 19.4. The molecular formula is C20H19F3N4O2. The minimum atomic E-state index is -4.44. The zero-order chi connectivity index (χ0) is 20.4. The van der Waals surface area contributed by atoms with E-state index in [0.29, 0.717) is 11.1 Å². The van der Waals surface area contributed by atoms with E-state index in [1.807, 2.05) is 12.1 Å². The molecule has 0 aliphatic carbocycles. The van der Waals surface area contributed by atoms with Crippen LogP contribution in [0, 0.1) is 0 Å². The second kappa shape index (κ2) is 7.84. The summed E-state index contributed by atoms with van der Waals surface area (Å²) in [7, 11) is 0. The molecule has 1 amide bonds. The van der Waals surface area contributed by atoms with Gasteiger partial charge >= 0.3 is 6.18 Å². The normalized spacial score (nSPS) is 15.6. The third-order valence-corrected chi connectivity index (χ3v) is 4.77. The number of hydrogen-bond donors (Lipinski definition) is 2. The fourth-order valence-electron chi connectivity index (χ4n) is 3.20. The number of H-pyrrole nitrogens is 1. The molecule has 0 bridgehead atoms. The molecule has 4 rings (SSSR count). The van der Waals surface area contributed by atoms with Gasteiger partial charge in [0, 0.05) is 25.2 Å². The largest absolute Gasteiger partial charge is 0.416 e. The molecule has 0 saturated carbocycles. The molecule has 2 aromatic carbocycles. The first-order chi connectivity index (χ1) is 13.9. The predicted molar refractivity (Wildman–Crippen MR) is 102 cm³/mol. The number of halogens is 3. The zero-order valence-corrected chi connectivity index (χ0v) is 15.4. The van der Waals surface area contributed by atoms with Crippen molar-refractivity contribution in [3.05, 3.63) is 59.2 Å². The number of carbonyl (C=O) groups is 1. The van der Waals surface area contributed by atoms with Gasteiger partial charge < -0.3 is 9.72 Å². The molecular weight excluding hydrogens is 385 g/mol. The van der Waals surface area contributed by atoms with E-state index in [2.05, 4.69) is 20.2 Å². The molecule has 6 nitrogen and oxygen atoms in total. The molecule has 1 aliphatic heterocycles. The monoisotopic (exact) mass is 404 g/mol. The van der Waals surface area contributed by atoms with E-state index >= 15 is 0 Å². The predicted octanol–water partition coefficient (Wildman–Crippen LogP) is 3.67. The van der Waals surface area contributed by atoms with Gasteiger partial charge in [-0.3, -0.25) is 15.0 Å². The van der Waals surface area contributed by atoms with Crippen molar-refractivity contribution in [1.82, 2.24) is 14.9 Å². The number of aromatic amines is 1. The molecule has 0 unspecified atom stereocenters. The van der Waals surface area contributed by atoms with Gasteiger partial charge in [0.1, 0.15) is 0 Å². The maximum Gasteiger partial charge on any atom is 0.416 e. The Morgan fingerprint density at radius 3 is 2.55 bits per heavy atom. The van der Waals surface area contributed by atoms with Gasteiger partial charge in [-0.2, -0.15) is 13.2 Å². The number of carbonyl (C=O) groups excluding carboxylic acids is 1. The molecule has 0 atom stereocenters. The highest BCUT2D eigenvalue weighted by Crippen LogP contribution is 2.31. The zero-order valence-electron chi connectivity index (χ0n) is 15.4. The van der Waals surface area contributed by atoms with Crippen LogP contribution in [-0.2, 0) is 17.5 Å².